The molecule has 2 heterocycles. The first-order valence-electron chi connectivity index (χ1n) is 9.09. The number of nitrogens with one attached hydrogen (secondary N) is 1. The Hall–Kier alpha value is -3.87. The van der Waals surface area contributed by atoms with Gasteiger partial charge in [-0.3, -0.25) is 4.79 Å². The van der Waals surface area contributed by atoms with Gasteiger partial charge in [0.25, 0.3) is 0 Å². The number of hydrogen-bond acceptors (Lipinski definition) is 6. The highest BCUT2D eigenvalue weighted by Crippen LogP contribution is 2.28. The first-order chi connectivity index (χ1) is 14.0. The Morgan fingerprint density at radius 1 is 1.14 bits per heavy atom. The van der Waals surface area contributed by atoms with E-state index >= 15 is 0 Å². The van der Waals surface area contributed by atoms with Crippen LogP contribution in [0.2, 0.25) is 0 Å². The summed E-state index contributed by atoms with van der Waals surface area (Å²) in [6.07, 6.45) is 1.57. The van der Waals surface area contributed by atoms with Crippen LogP contribution in [0.4, 0.5) is 0 Å². The molecule has 7 nitrogen and oxygen atoms in total. The van der Waals surface area contributed by atoms with Gasteiger partial charge in [-0.15, -0.1) is 0 Å². The molecule has 146 valence electrons. The number of amides is 1. The zero-order valence-electron chi connectivity index (χ0n) is 15.9. The van der Waals surface area contributed by atoms with Crippen LogP contribution in [-0.4, -0.2) is 21.0 Å². The van der Waals surface area contributed by atoms with E-state index in [0.29, 0.717) is 34.2 Å². The van der Waals surface area contributed by atoms with Crippen LogP contribution in [0.25, 0.3) is 22.7 Å². The van der Waals surface area contributed by atoms with E-state index in [1.165, 1.54) is 13.0 Å². The first kappa shape index (κ1) is 18.5. The van der Waals surface area contributed by atoms with E-state index in [1.54, 1.807) is 36.5 Å². The summed E-state index contributed by atoms with van der Waals surface area (Å²) in [5.74, 6) is 1.48. The maximum atomic E-state index is 11.3. The summed E-state index contributed by atoms with van der Waals surface area (Å²) in [6.45, 7) is 3.40. The number of rotatable bonds is 5. The molecule has 0 radical (unpaired) electrons. The van der Waals surface area contributed by atoms with Gasteiger partial charge in [-0.05, 0) is 48.9 Å². The number of aromatic hydroxyl groups is 1. The Morgan fingerprint density at radius 3 is 2.72 bits per heavy atom. The third-order valence-corrected chi connectivity index (χ3v) is 4.34. The smallest absolute Gasteiger partial charge is 0.246 e. The van der Waals surface area contributed by atoms with Crippen molar-refractivity contribution in [1.82, 2.24) is 15.3 Å². The van der Waals surface area contributed by atoms with Crippen molar-refractivity contribution in [2.75, 3.05) is 0 Å². The van der Waals surface area contributed by atoms with Crippen LogP contribution in [0, 0.1) is 0 Å². The van der Waals surface area contributed by atoms with Gasteiger partial charge in [-0.2, -0.15) is 0 Å². The number of carbonyl (C=O) groups is 1. The van der Waals surface area contributed by atoms with Gasteiger partial charge in [0.1, 0.15) is 28.5 Å². The van der Waals surface area contributed by atoms with Crippen molar-refractivity contribution in [1.29, 1.82) is 0 Å². The number of pyridine rings is 1. The number of aromatic nitrogens is 2. The summed E-state index contributed by atoms with van der Waals surface area (Å²) in [4.78, 5) is 20.1. The van der Waals surface area contributed by atoms with Crippen LogP contribution >= 0.6 is 0 Å². The van der Waals surface area contributed by atoms with Gasteiger partial charge in [-0.25, -0.2) is 9.97 Å². The van der Waals surface area contributed by atoms with Crippen LogP contribution in [-0.2, 0) is 4.79 Å². The summed E-state index contributed by atoms with van der Waals surface area (Å²) >= 11 is 0. The topological polar surface area (TPSA) is 97.5 Å². The van der Waals surface area contributed by atoms with Crippen LogP contribution < -0.4 is 10.1 Å². The summed E-state index contributed by atoms with van der Waals surface area (Å²) < 4.78 is 11.5. The maximum Gasteiger partial charge on any atom is 0.246 e. The molecule has 0 fully saturated rings. The van der Waals surface area contributed by atoms with Crippen molar-refractivity contribution >= 4 is 17.0 Å². The lowest BCUT2D eigenvalue weighted by Gasteiger charge is -2.12. The molecule has 1 amide bonds. The molecule has 4 aromatic rings. The fraction of sp³-hybridized carbons (Fsp3) is 0.136. The Bertz CT molecular complexity index is 1170. The van der Waals surface area contributed by atoms with E-state index in [4.69, 9.17) is 9.15 Å². The average Bonchev–Trinajstić information content (AvgIpc) is 3.11. The van der Waals surface area contributed by atoms with Gasteiger partial charge in [0.2, 0.25) is 11.8 Å². The Kier molecular flexibility index (Phi) is 4.87. The minimum Gasteiger partial charge on any atom is -0.508 e. The third kappa shape index (κ3) is 4.19. The quantitative estimate of drug-likeness (QED) is 0.518. The second kappa shape index (κ2) is 7.63. The number of ether oxygens (including phenoxy) is 1. The lowest BCUT2D eigenvalue weighted by atomic mass is 10.1. The molecular formula is C22H19N3O4. The zero-order chi connectivity index (χ0) is 20.4. The van der Waals surface area contributed by atoms with Crippen molar-refractivity contribution in [3.8, 4) is 28.8 Å². The van der Waals surface area contributed by atoms with E-state index in [9.17, 15) is 9.90 Å². The second-order valence-electron chi connectivity index (χ2n) is 6.65. The Morgan fingerprint density at radius 2 is 2.00 bits per heavy atom. The third-order valence-electron chi connectivity index (χ3n) is 4.34. The first-order valence-corrected chi connectivity index (χ1v) is 9.09. The van der Waals surface area contributed by atoms with Crippen LogP contribution in [0.3, 0.4) is 0 Å². The highest BCUT2D eigenvalue weighted by Gasteiger charge is 2.13. The van der Waals surface area contributed by atoms with E-state index in [0.717, 1.165) is 5.56 Å². The zero-order valence-corrected chi connectivity index (χ0v) is 15.9. The van der Waals surface area contributed by atoms with Crippen LogP contribution in [0.5, 0.6) is 17.2 Å². The van der Waals surface area contributed by atoms with E-state index < -0.39 is 0 Å². The number of oxazole rings is 1. The summed E-state index contributed by atoms with van der Waals surface area (Å²) in [5.41, 5.74) is 2.83. The molecule has 2 N–H and O–H groups in total. The molecule has 1 atom stereocenters. The lowest BCUT2D eigenvalue weighted by Crippen LogP contribution is -2.23. The molecule has 0 aliphatic rings. The number of fused-ring (bicyclic) bond motifs is 1. The number of carbonyl (C=O) groups excluding carboxylic acids is 1. The number of hydrogen-bond donors (Lipinski definition) is 2. The Balaban J connectivity index is 1.55. The molecular weight excluding hydrogens is 370 g/mol. The number of phenolic OH excluding ortho intramolecular Hbond substituents is 1. The van der Waals surface area contributed by atoms with Crippen molar-refractivity contribution < 1.29 is 19.1 Å². The fourth-order valence-corrected chi connectivity index (χ4v) is 2.96. The van der Waals surface area contributed by atoms with E-state index in [-0.39, 0.29) is 17.7 Å². The molecule has 0 aliphatic heterocycles. The Labute approximate surface area is 167 Å². The van der Waals surface area contributed by atoms with Crippen LogP contribution in [0.15, 0.2) is 65.2 Å². The standard InChI is InChI=1S/C22H19N3O4/c1-13(24-14(2)26)15-6-8-19-21(10-15)29-22(25-19)20-9-7-18(12-23-20)28-17-5-3-4-16(27)11-17/h3-13,27H,1-2H3,(H,24,26)/t13-/m0/s1. The van der Waals surface area contributed by atoms with Gasteiger partial charge in [0.15, 0.2) is 5.58 Å². The number of benzene rings is 2. The lowest BCUT2D eigenvalue weighted by molar-refractivity contribution is -0.119. The largest absolute Gasteiger partial charge is 0.508 e. The number of phenols is 1. The van der Waals surface area contributed by atoms with E-state index in [2.05, 4.69) is 15.3 Å². The predicted molar refractivity (Wildman–Crippen MR) is 108 cm³/mol. The van der Waals surface area contributed by atoms with Crippen LogP contribution in [0.1, 0.15) is 25.5 Å². The van der Waals surface area contributed by atoms with Gasteiger partial charge in [0.05, 0.1) is 12.2 Å². The van der Waals surface area contributed by atoms with Gasteiger partial charge >= 0.3 is 0 Å². The summed E-state index contributed by atoms with van der Waals surface area (Å²) in [6, 6.07) is 15.6. The van der Waals surface area contributed by atoms with Crippen molar-refractivity contribution in [2.24, 2.45) is 0 Å². The van der Waals surface area contributed by atoms with Crippen molar-refractivity contribution in [3.05, 3.63) is 66.4 Å². The van der Waals surface area contributed by atoms with E-state index in [1.807, 2.05) is 25.1 Å². The highest BCUT2D eigenvalue weighted by molar-refractivity contribution is 5.77. The van der Waals surface area contributed by atoms with Gasteiger partial charge in [0, 0.05) is 13.0 Å². The van der Waals surface area contributed by atoms with Crippen molar-refractivity contribution in [2.45, 2.75) is 19.9 Å². The highest BCUT2D eigenvalue weighted by atomic mass is 16.5. The SMILES string of the molecule is CC(=O)N[C@@H](C)c1ccc2nc(-c3ccc(Oc4cccc(O)c4)cn3)oc2c1. The van der Waals surface area contributed by atoms with Crippen molar-refractivity contribution in [3.63, 3.8) is 0 Å². The van der Waals surface area contributed by atoms with Gasteiger partial charge in [-0.1, -0.05) is 12.1 Å². The monoisotopic (exact) mass is 389 g/mol. The summed E-state index contributed by atoms with van der Waals surface area (Å²) in [5, 5.41) is 12.4. The number of nitrogens with zero attached hydrogens (tertiary/aromatic N) is 2. The minimum atomic E-state index is -0.127. The molecule has 0 saturated carbocycles. The predicted octanol–water partition coefficient (Wildman–Crippen LogP) is 4.58. The molecule has 2 aromatic heterocycles. The normalized spacial score (nSPS) is 11.9. The molecule has 29 heavy (non-hydrogen) atoms. The molecule has 0 bridgehead atoms. The molecule has 7 heteroatoms. The molecule has 4 rings (SSSR count). The average molecular weight is 389 g/mol. The summed E-state index contributed by atoms with van der Waals surface area (Å²) in [7, 11) is 0. The maximum absolute atomic E-state index is 11.3. The molecule has 2 aromatic carbocycles. The molecule has 0 aliphatic carbocycles. The fourth-order valence-electron chi connectivity index (χ4n) is 2.96. The minimum absolute atomic E-state index is 0.0897. The second-order valence-corrected chi connectivity index (χ2v) is 6.65. The molecule has 0 unspecified atom stereocenters. The molecule has 0 saturated heterocycles. The molecule has 0 spiro atoms. The van der Waals surface area contributed by atoms with Gasteiger partial charge < -0.3 is 19.6 Å².